The smallest absolute Gasteiger partial charge is 0.339 e. The van der Waals surface area contributed by atoms with Crippen LogP contribution in [0.15, 0.2) is 12.1 Å². The largest absolute Gasteiger partial charge is 0.465 e. The molecule has 0 saturated carbocycles. The average molecular weight is 217 g/mol. The van der Waals surface area contributed by atoms with E-state index in [-0.39, 0.29) is 10.6 Å². The zero-order valence-electron chi connectivity index (χ0n) is 7.93. The molecule has 76 valence electrons. The lowest BCUT2D eigenvalue weighted by Crippen LogP contribution is -2.04. The second-order valence-electron chi connectivity index (χ2n) is 2.84. The lowest BCUT2D eigenvalue weighted by atomic mass is 10.1. The average Bonchev–Trinajstić information content (AvgIpc) is 2.21. The van der Waals surface area contributed by atoms with Crippen LogP contribution in [-0.2, 0) is 11.4 Å². The van der Waals surface area contributed by atoms with Crippen LogP contribution in [0.1, 0.15) is 21.5 Å². The molecule has 14 heavy (non-hydrogen) atoms. The number of esters is 1. The van der Waals surface area contributed by atoms with Crippen LogP contribution >= 0.6 is 11.6 Å². The van der Waals surface area contributed by atoms with Crippen molar-refractivity contribution in [1.82, 2.24) is 0 Å². The molecule has 0 aromatic heterocycles. The van der Waals surface area contributed by atoms with Crippen molar-refractivity contribution in [3.8, 4) is 0 Å². The summed E-state index contributed by atoms with van der Waals surface area (Å²) in [5, 5.41) is 0.256. The lowest BCUT2D eigenvalue weighted by molar-refractivity contribution is 0.0601. The lowest BCUT2D eigenvalue weighted by Gasteiger charge is -2.07. The first kappa shape index (κ1) is 11.0. The Bertz CT molecular complexity index is 363. The van der Waals surface area contributed by atoms with Crippen molar-refractivity contribution in [2.75, 3.05) is 7.11 Å². The molecule has 1 aromatic carbocycles. The number of carbonyl (C=O) groups excluding carboxylic acids is 1. The minimum Gasteiger partial charge on any atom is -0.465 e. The van der Waals surface area contributed by atoms with E-state index in [2.05, 4.69) is 4.74 Å². The molecule has 0 radical (unpaired) electrons. The standard InChI is InChI=1S/C10H10ClFO2/c1-6-7(5-12)3-4-8(9(6)11)10(13)14-2/h3-4H,5H2,1-2H3. The molecule has 0 spiro atoms. The molecule has 0 unspecified atom stereocenters. The first-order chi connectivity index (χ1) is 6.61. The molecule has 0 aliphatic rings. The van der Waals surface area contributed by atoms with Crippen molar-refractivity contribution in [2.45, 2.75) is 13.6 Å². The molecular weight excluding hydrogens is 207 g/mol. The van der Waals surface area contributed by atoms with Gasteiger partial charge < -0.3 is 4.74 Å². The second-order valence-corrected chi connectivity index (χ2v) is 3.21. The Morgan fingerprint density at radius 3 is 2.71 bits per heavy atom. The number of ether oxygens (including phenoxy) is 1. The van der Waals surface area contributed by atoms with Gasteiger partial charge in [0.1, 0.15) is 6.67 Å². The highest BCUT2D eigenvalue weighted by atomic mass is 35.5. The van der Waals surface area contributed by atoms with Crippen LogP contribution in [-0.4, -0.2) is 13.1 Å². The number of methoxy groups -OCH3 is 1. The quantitative estimate of drug-likeness (QED) is 0.711. The SMILES string of the molecule is COC(=O)c1ccc(CF)c(C)c1Cl. The van der Waals surface area contributed by atoms with Gasteiger partial charge in [-0.1, -0.05) is 17.7 Å². The van der Waals surface area contributed by atoms with Gasteiger partial charge in [-0.05, 0) is 24.1 Å². The summed E-state index contributed by atoms with van der Waals surface area (Å²) in [7, 11) is 1.27. The number of hydrogen-bond donors (Lipinski definition) is 0. The molecule has 0 aliphatic heterocycles. The maximum absolute atomic E-state index is 12.4. The molecule has 1 rings (SSSR count). The van der Waals surface area contributed by atoms with Gasteiger partial charge in [0, 0.05) is 0 Å². The summed E-state index contributed by atoms with van der Waals surface area (Å²) < 4.78 is 16.9. The maximum atomic E-state index is 12.4. The number of carbonyl (C=O) groups is 1. The molecular formula is C10H10ClFO2. The highest BCUT2D eigenvalue weighted by Gasteiger charge is 2.14. The topological polar surface area (TPSA) is 26.3 Å². The molecule has 0 atom stereocenters. The molecule has 0 bridgehead atoms. The minimum atomic E-state index is -0.590. The summed E-state index contributed by atoms with van der Waals surface area (Å²) in [5.41, 5.74) is 1.34. The van der Waals surface area contributed by atoms with E-state index in [4.69, 9.17) is 11.6 Å². The third-order valence-corrected chi connectivity index (χ3v) is 2.53. The number of benzene rings is 1. The number of halogens is 2. The van der Waals surface area contributed by atoms with Crippen LogP contribution in [0.5, 0.6) is 0 Å². The summed E-state index contributed by atoms with van der Waals surface area (Å²) in [5.74, 6) is -0.511. The zero-order chi connectivity index (χ0) is 10.7. The molecule has 1 aromatic rings. The Kier molecular flexibility index (Phi) is 3.47. The van der Waals surface area contributed by atoms with E-state index < -0.39 is 12.6 Å². The summed E-state index contributed by atoms with van der Waals surface area (Å²) in [4.78, 5) is 11.2. The third kappa shape index (κ3) is 1.87. The molecule has 0 amide bonds. The maximum Gasteiger partial charge on any atom is 0.339 e. The normalized spacial score (nSPS) is 10.0. The first-order valence-electron chi connectivity index (χ1n) is 4.04. The number of alkyl halides is 1. The van der Waals surface area contributed by atoms with E-state index in [1.807, 2.05) is 0 Å². The van der Waals surface area contributed by atoms with Gasteiger partial charge in [0.25, 0.3) is 0 Å². The van der Waals surface area contributed by atoms with Gasteiger partial charge >= 0.3 is 5.97 Å². The monoisotopic (exact) mass is 216 g/mol. The van der Waals surface area contributed by atoms with Gasteiger partial charge in [0.2, 0.25) is 0 Å². The van der Waals surface area contributed by atoms with Crippen LogP contribution in [0.2, 0.25) is 5.02 Å². The van der Waals surface area contributed by atoms with Crippen molar-refractivity contribution in [2.24, 2.45) is 0 Å². The molecule has 0 aliphatic carbocycles. The number of hydrogen-bond acceptors (Lipinski definition) is 2. The number of rotatable bonds is 2. The fraction of sp³-hybridized carbons (Fsp3) is 0.300. The van der Waals surface area contributed by atoms with Crippen LogP contribution < -0.4 is 0 Å². The Morgan fingerprint density at radius 2 is 2.21 bits per heavy atom. The van der Waals surface area contributed by atoms with Gasteiger partial charge in [-0.15, -0.1) is 0 Å². The van der Waals surface area contributed by atoms with E-state index in [0.29, 0.717) is 11.1 Å². The van der Waals surface area contributed by atoms with Crippen LogP contribution in [0, 0.1) is 6.92 Å². The summed E-state index contributed by atoms with van der Waals surface area (Å²) in [6, 6.07) is 3.00. The van der Waals surface area contributed by atoms with E-state index in [1.54, 1.807) is 6.92 Å². The van der Waals surface area contributed by atoms with Gasteiger partial charge in [0.15, 0.2) is 0 Å². The van der Waals surface area contributed by atoms with E-state index in [9.17, 15) is 9.18 Å². The highest BCUT2D eigenvalue weighted by Crippen LogP contribution is 2.25. The summed E-state index contributed by atoms with van der Waals surface area (Å²) >= 11 is 5.88. The zero-order valence-corrected chi connectivity index (χ0v) is 8.69. The van der Waals surface area contributed by atoms with Gasteiger partial charge in [-0.2, -0.15) is 0 Å². The fourth-order valence-electron chi connectivity index (χ4n) is 1.14. The molecule has 2 nitrogen and oxygen atoms in total. The molecule has 4 heteroatoms. The molecule has 0 heterocycles. The van der Waals surface area contributed by atoms with Crippen molar-refractivity contribution >= 4 is 17.6 Å². The third-order valence-electron chi connectivity index (χ3n) is 2.05. The van der Waals surface area contributed by atoms with E-state index in [1.165, 1.54) is 19.2 Å². The second kappa shape index (κ2) is 4.42. The van der Waals surface area contributed by atoms with Gasteiger partial charge in [-0.25, -0.2) is 9.18 Å². The predicted octanol–water partition coefficient (Wildman–Crippen LogP) is 2.90. The molecule has 0 fully saturated rings. The predicted molar refractivity (Wildman–Crippen MR) is 52.3 cm³/mol. The fourth-order valence-corrected chi connectivity index (χ4v) is 1.40. The van der Waals surface area contributed by atoms with Crippen molar-refractivity contribution in [1.29, 1.82) is 0 Å². The first-order valence-corrected chi connectivity index (χ1v) is 4.41. The summed E-state index contributed by atoms with van der Waals surface area (Å²) in [6.45, 7) is 1.08. The van der Waals surface area contributed by atoms with E-state index >= 15 is 0 Å². The highest BCUT2D eigenvalue weighted by molar-refractivity contribution is 6.34. The van der Waals surface area contributed by atoms with Crippen LogP contribution in [0.25, 0.3) is 0 Å². The van der Waals surface area contributed by atoms with Crippen molar-refractivity contribution < 1.29 is 13.9 Å². The molecule has 0 N–H and O–H groups in total. The summed E-state index contributed by atoms with van der Waals surface area (Å²) in [6.07, 6.45) is 0. The Labute approximate surface area is 86.6 Å². The van der Waals surface area contributed by atoms with Gasteiger partial charge in [-0.3, -0.25) is 0 Å². The Morgan fingerprint density at radius 1 is 1.57 bits per heavy atom. The van der Waals surface area contributed by atoms with Gasteiger partial charge in [0.05, 0.1) is 17.7 Å². The molecule has 0 saturated heterocycles. The van der Waals surface area contributed by atoms with E-state index in [0.717, 1.165) is 0 Å². The van der Waals surface area contributed by atoms with Crippen molar-refractivity contribution in [3.05, 3.63) is 33.8 Å². The van der Waals surface area contributed by atoms with Crippen LogP contribution in [0.4, 0.5) is 4.39 Å². The van der Waals surface area contributed by atoms with Crippen molar-refractivity contribution in [3.63, 3.8) is 0 Å². The Balaban J connectivity index is 3.24. The van der Waals surface area contributed by atoms with Crippen LogP contribution in [0.3, 0.4) is 0 Å². The minimum absolute atomic E-state index is 0.256. The Hall–Kier alpha value is -1.09.